The van der Waals surface area contributed by atoms with Gasteiger partial charge in [0.15, 0.2) is 5.96 Å². The fraction of sp³-hybridized carbons (Fsp3) is 0.632. The molecule has 1 aliphatic rings. The average molecular weight is 479 g/mol. The highest BCUT2D eigenvalue weighted by molar-refractivity contribution is 14.0. The largest absolute Gasteiger partial charge is 0.383 e. The van der Waals surface area contributed by atoms with Crippen molar-refractivity contribution in [1.82, 2.24) is 10.6 Å². The van der Waals surface area contributed by atoms with Crippen molar-refractivity contribution in [3.05, 3.63) is 35.6 Å². The molecule has 2 N–H and O–H groups in total. The van der Waals surface area contributed by atoms with Crippen LogP contribution in [0.15, 0.2) is 29.3 Å². The molecular formula is C19H31FIN3O2. The highest BCUT2D eigenvalue weighted by Gasteiger charge is 2.34. The normalized spacial score (nSPS) is 17.9. The molecule has 0 radical (unpaired) electrons. The standard InChI is InChI=1S/C19H30FN3O2.HI/c1-4-21-18(23-15(2)13-24-3)22-14-19(9-11-25-12-10-19)16-5-7-17(20)8-6-16;/h5-8,15H,4,9-14H2,1-3H3,(H2,21,22,23);1H. The Morgan fingerprint density at radius 3 is 2.54 bits per heavy atom. The summed E-state index contributed by atoms with van der Waals surface area (Å²) in [7, 11) is 1.69. The van der Waals surface area contributed by atoms with Crippen LogP contribution in [0.3, 0.4) is 0 Å². The zero-order chi connectivity index (χ0) is 18.1. The summed E-state index contributed by atoms with van der Waals surface area (Å²) < 4.78 is 24.1. The lowest BCUT2D eigenvalue weighted by Crippen LogP contribution is -2.45. The Morgan fingerprint density at radius 1 is 1.31 bits per heavy atom. The molecule has 1 aromatic carbocycles. The number of hydrogen-bond acceptors (Lipinski definition) is 3. The minimum atomic E-state index is -0.210. The van der Waals surface area contributed by atoms with Gasteiger partial charge in [-0.05, 0) is 44.4 Å². The number of guanidine groups is 1. The summed E-state index contributed by atoms with van der Waals surface area (Å²) in [5.74, 6) is 0.567. The lowest BCUT2D eigenvalue weighted by atomic mass is 9.74. The van der Waals surface area contributed by atoms with Crippen LogP contribution < -0.4 is 10.6 Å². The molecule has 1 aromatic rings. The van der Waals surface area contributed by atoms with E-state index in [1.807, 2.05) is 19.1 Å². The molecule has 0 aliphatic carbocycles. The number of benzene rings is 1. The summed E-state index contributed by atoms with van der Waals surface area (Å²) in [6.45, 7) is 7.55. The lowest BCUT2D eigenvalue weighted by molar-refractivity contribution is 0.0530. The van der Waals surface area contributed by atoms with Crippen molar-refractivity contribution in [3.8, 4) is 0 Å². The predicted molar refractivity (Wildman–Crippen MR) is 114 cm³/mol. The van der Waals surface area contributed by atoms with Crippen LogP contribution in [0.1, 0.15) is 32.3 Å². The van der Waals surface area contributed by atoms with Gasteiger partial charge in [0, 0.05) is 38.3 Å². The summed E-state index contributed by atoms with van der Waals surface area (Å²) in [5.41, 5.74) is 1.01. The monoisotopic (exact) mass is 479 g/mol. The van der Waals surface area contributed by atoms with E-state index in [9.17, 15) is 4.39 Å². The van der Waals surface area contributed by atoms with Gasteiger partial charge in [-0.25, -0.2) is 4.39 Å². The number of halogens is 2. The van der Waals surface area contributed by atoms with E-state index in [1.54, 1.807) is 7.11 Å². The van der Waals surface area contributed by atoms with Crippen LogP contribution in [0.2, 0.25) is 0 Å². The molecule has 148 valence electrons. The van der Waals surface area contributed by atoms with Crippen molar-refractivity contribution in [2.45, 2.75) is 38.1 Å². The van der Waals surface area contributed by atoms with Gasteiger partial charge in [0.2, 0.25) is 0 Å². The van der Waals surface area contributed by atoms with Gasteiger partial charge in [-0.2, -0.15) is 0 Å². The lowest BCUT2D eigenvalue weighted by Gasteiger charge is -2.36. The maximum atomic E-state index is 13.3. The number of nitrogens with one attached hydrogen (secondary N) is 2. The molecule has 0 spiro atoms. The van der Waals surface area contributed by atoms with Crippen LogP contribution >= 0.6 is 24.0 Å². The Bertz CT molecular complexity index is 548. The minimum Gasteiger partial charge on any atom is -0.383 e. The molecule has 1 saturated heterocycles. The van der Waals surface area contributed by atoms with Gasteiger partial charge in [0.25, 0.3) is 0 Å². The maximum Gasteiger partial charge on any atom is 0.191 e. The summed E-state index contributed by atoms with van der Waals surface area (Å²) in [5, 5.41) is 6.64. The van der Waals surface area contributed by atoms with Crippen LogP contribution in [-0.4, -0.2) is 52.0 Å². The molecule has 0 amide bonds. The second kappa shape index (κ2) is 11.7. The van der Waals surface area contributed by atoms with E-state index in [1.165, 1.54) is 12.1 Å². The van der Waals surface area contributed by atoms with Gasteiger partial charge >= 0.3 is 0 Å². The summed E-state index contributed by atoms with van der Waals surface area (Å²) in [4.78, 5) is 4.82. The summed E-state index contributed by atoms with van der Waals surface area (Å²) in [6, 6.07) is 6.98. The second-order valence-corrected chi connectivity index (χ2v) is 6.60. The molecule has 2 rings (SSSR count). The van der Waals surface area contributed by atoms with Gasteiger partial charge in [-0.15, -0.1) is 24.0 Å². The van der Waals surface area contributed by atoms with Crippen LogP contribution in [0.5, 0.6) is 0 Å². The molecule has 26 heavy (non-hydrogen) atoms. The van der Waals surface area contributed by atoms with Crippen molar-refractivity contribution in [1.29, 1.82) is 0 Å². The third-order valence-corrected chi connectivity index (χ3v) is 4.59. The minimum absolute atomic E-state index is 0. The Labute approximate surface area is 173 Å². The molecule has 1 heterocycles. The summed E-state index contributed by atoms with van der Waals surface area (Å²) in [6.07, 6.45) is 1.77. The Morgan fingerprint density at radius 2 is 1.96 bits per heavy atom. The highest BCUT2D eigenvalue weighted by atomic mass is 127. The first-order chi connectivity index (χ1) is 12.1. The first-order valence-electron chi connectivity index (χ1n) is 8.97. The zero-order valence-electron chi connectivity index (χ0n) is 15.9. The SMILES string of the molecule is CCNC(=NCC1(c2ccc(F)cc2)CCOCC1)NC(C)COC.I. The van der Waals surface area contributed by atoms with Gasteiger partial charge in [-0.1, -0.05) is 12.1 Å². The van der Waals surface area contributed by atoms with Crippen molar-refractivity contribution in [2.24, 2.45) is 4.99 Å². The number of rotatable bonds is 7. The second-order valence-electron chi connectivity index (χ2n) is 6.60. The van der Waals surface area contributed by atoms with E-state index in [0.717, 1.165) is 30.9 Å². The van der Waals surface area contributed by atoms with Gasteiger partial charge in [-0.3, -0.25) is 4.99 Å². The highest BCUT2D eigenvalue weighted by Crippen LogP contribution is 2.35. The van der Waals surface area contributed by atoms with Crippen molar-refractivity contribution < 1.29 is 13.9 Å². The number of aliphatic imine (C=N–C) groups is 1. The third kappa shape index (κ3) is 6.66. The Balaban J connectivity index is 0.00000338. The molecule has 0 aromatic heterocycles. The van der Waals surface area contributed by atoms with Crippen molar-refractivity contribution in [3.63, 3.8) is 0 Å². The van der Waals surface area contributed by atoms with Crippen molar-refractivity contribution >= 4 is 29.9 Å². The smallest absolute Gasteiger partial charge is 0.191 e. The first-order valence-corrected chi connectivity index (χ1v) is 8.97. The van der Waals surface area contributed by atoms with E-state index in [4.69, 9.17) is 14.5 Å². The molecule has 1 atom stereocenters. The summed E-state index contributed by atoms with van der Waals surface area (Å²) >= 11 is 0. The third-order valence-electron chi connectivity index (χ3n) is 4.59. The molecule has 1 fully saturated rings. The first kappa shape index (κ1) is 23.1. The number of ether oxygens (including phenoxy) is 2. The Kier molecular flexibility index (Phi) is 10.4. The van der Waals surface area contributed by atoms with Crippen molar-refractivity contribution in [2.75, 3.05) is 40.0 Å². The number of hydrogen-bond donors (Lipinski definition) is 2. The maximum absolute atomic E-state index is 13.3. The average Bonchev–Trinajstić information content (AvgIpc) is 2.61. The molecule has 0 bridgehead atoms. The van der Waals surface area contributed by atoms with E-state index in [-0.39, 0.29) is 41.3 Å². The van der Waals surface area contributed by atoms with E-state index in [0.29, 0.717) is 26.4 Å². The van der Waals surface area contributed by atoms with Crippen LogP contribution in [0, 0.1) is 5.82 Å². The number of nitrogens with zero attached hydrogens (tertiary/aromatic N) is 1. The van der Waals surface area contributed by atoms with Crippen LogP contribution in [-0.2, 0) is 14.9 Å². The predicted octanol–water partition coefficient (Wildman–Crippen LogP) is 3.08. The Hall–Kier alpha value is -0.930. The molecule has 0 saturated carbocycles. The molecular weight excluding hydrogens is 448 g/mol. The van der Waals surface area contributed by atoms with Gasteiger partial charge in [0.05, 0.1) is 13.2 Å². The van der Waals surface area contributed by atoms with Gasteiger partial charge < -0.3 is 20.1 Å². The molecule has 1 aliphatic heterocycles. The van der Waals surface area contributed by atoms with E-state index in [2.05, 4.69) is 17.6 Å². The van der Waals surface area contributed by atoms with Crippen LogP contribution in [0.4, 0.5) is 4.39 Å². The zero-order valence-corrected chi connectivity index (χ0v) is 18.2. The molecule has 1 unspecified atom stereocenters. The fourth-order valence-electron chi connectivity index (χ4n) is 3.18. The quantitative estimate of drug-likeness (QED) is 0.359. The molecule has 7 heteroatoms. The molecule has 5 nitrogen and oxygen atoms in total. The van der Waals surface area contributed by atoms with Gasteiger partial charge in [0.1, 0.15) is 5.82 Å². The van der Waals surface area contributed by atoms with Crippen LogP contribution in [0.25, 0.3) is 0 Å². The van der Waals surface area contributed by atoms with E-state index < -0.39 is 0 Å². The topological polar surface area (TPSA) is 54.9 Å². The van der Waals surface area contributed by atoms with E-state index >= 15 is 0 Å². The number of methoxy groups -OCH3 is 1. The fourth-order valence-corrected chi connectivity index (χ4v) is 3.18.